The van der Waals surface area contributed by atoms with Gasteiger partial charge in [0, 0.05) is 38.8 Å². The molecule has 2 heterocycles. The number of aryl methyl sites for hydroxylation is 2. The van der Waals surface area contributed by atoms with Crippen molar-refractivity contribution < 1.29 is 19.4 Å². The first-order chi connectivity index (χ1) is 17.1. The second kappa shape index (κ2) is 12.2. The van der Waals surface area contributed by atoms with Gasteiger partial charge in [0.1, 0.15) is 18.1 Å². The number of hydrogen-bond acceptors (Lipinski definition) is 6. The lowest BCUT2D eigenvalue weighted by Crippen LogP contribution is -2.46. The molecule has 0 unspecified atom stereocenters. The summed E-state index contributed by atoms with van der Waals surface area (Å²) < 4.78 is 11.6. The minimum absolute atomic E-state index is 0.115. The van der Waals surface area contributed by atoms with Crippen molar-refractivity contribution >= 4 is 6.09 Å². The maximum absolute atomic E-state index is 11.1. The number of likely N-dealkylation sites (tertiary alicyclic amines) is 1. The molecule has 0 saturated carbocycles. The van der Waals surface area contributed by atoms with Crippen molar-refractivity contribution in [3.8, 4) is 17.4 Å². The molecule has 184 valence electrons. The summed E-state index contributed by atoms with van der Waals surface area (Å²) in [5.74, 6) is 2.08. The standard InChI is InChI=1S/C27H32N4O4/c1-30(27(32)33)23-15-17-31(18-16-23)19-20-34-24-12-8-21(9-13-24)7-10-22-11-14-26(29-28-22)35-25-5-3-2-4-6-25/h2-6,8-9,11-14,23H,7,10,15-20H2,1H3,(H,32,33). The molecular weight excluding hydrogens is 444 g/mol. The smallest absolute Gasteiger partial charge is 0.407 e. The third kappa shape index (κ3) is 7.42. The highest BCUT2D eigenvalue weighted by Gasteiger charge is 2.24. The zero-order chi connectivity index (χ0) is 24.5. The minimum atomic E-state index is -0.852. The summed E-state index contributed by atoms with van der Waals surface area (Å²) in [6.45, 7) is 3.25. The van der Waals surface area contributed by atoms with Gasteiger partial charge in [0.2, 0.25) is 5.88 Å². The number of benzene rings is 2. The van der Waals surface area contributed by atoms with E-state index in [0.29, 0.717) is 12.5 Å². The first kappa shape index (κ1) is 24.5. The van der Waals surface area contributed by atoms with E-state index < -0.39 is 6.09 Å². The number of piperidine rings is 1. The van der Waals surface area contributed by atoms with E-state index in [-0.39, 0.29) is 6.04 Å². The zero-order valence-electron chi connectivity index (χ0n) is 20.0. The van der Waals surface area contributed by atoms with Crippen LogP contribution in [0.3, 0.4) is 0 Å². The van der Waals surface area contributed by atoms with Gasteiger partial charge < -0.3 is 19.5 Å². The number of rotatable bonds is 10. The summed E-state index contributed by atoms with van der Waals surface area (Å²) >= 11 is 0. The van der Waals surface area contributed by atoms with E-state index in [1.165, 1.54) is 10.5 Å². The molecule has 1 amide bonds. The summed E-state index contributed by atoms with van der Waals surface area (Å²) in [4.78, 5) is 14.9. The normalized spacial score (nSPS) is 14.4. The maximum Gasteiger partial charge on any atom is 0.407 e. The van der Waals surface area contributed by atoms with Crippen molar-refractivity contribution in [2.24, 2.45) is 0 Å². The zero-order valence-corrected chi connectivity index (χ0v) is 20.0. The average Bonchev–Trinajstić information content (AvgIpc) is 2.89. The van der Waals surface area contributed by atoms with E-state index >= 15 is 0 Å². The van der Waals surface area contributed by atoms with Gasteiger partial charge in [-0.15, -0.1) is 5.10 Å². The van der Waals surface area contributed by atoms with Crippen LogP contribution in [0.2, 0.25) is 0 Å². The van der Waals surface area contributed by atoms with Crippen LogP contribution >= 0.6 is 0 Å². The van der Waals surface area contributed by atoms with Crippen LogP contribution in [-0.2, 0) is 12.8 Å². The highest BCUT2D eigenvalue weighted by molar-refractivity contribution is 5.64. The van der Waals surface area contributed by atoms with E-state index in [1.54, 1.807) is 7.05 Å². The lowest BCUT2D eigenvalue weighted by atomic mass is 10.0. The van der Waals surface area contributed by atoms with Crippen LogP contribution in [-0.4, -0.2) is 70.5 Å². The van der Waals surface area contributed by atoms with Crippen LogP contribution in [0.4, 0.5) is 4.79 Å². The van der Waals surface area contributed by atoms with Crippen molar-refractivity contribution in [1.29, 1.82) is 0 Å². The minimum Gasteiger partial charge on any atom is -0.492 e. The van der Waals surface area contributed by atoms with E-state index in [1.807, 2.05) is 54.6 Å². The summed E-state index contributed by atoms with van der Waals surface area (Å²) in [6.07, 6.45) is 2.55. The van der Waals surface area contributed by atoms with Gasteiger partial charge >= 0.3 is 6.09 Å². The number of carbonyl (C=O) groups is 1. The summed E-state index contributed by atoms with van der Waals surface area (Å²) in [6, 6.07) is 21.6. The van der Waals surface area contributed by atoms with Crippen molar-refractivity contribution in [3.63, 3.8) is 0 Å². The molecule has 1 N–H and O–H groups in total. The molecule has 0 aliphatic carbocycles. The summed E-state index contributed by atoms with van der Waals surface area (Å²) in [7, 11) is 1.65. The van der Waals surface area contributed by atoms with Gasteiger partial charge in [-0.2, -0.15) is 5.10 Å². The predicted molar refractivity (Wildman–Crippen MR) is 133 cm³/mol. The Morgan fingerprint density at radius 2 is 1.71 bits per heavy atom. The quantitative estimate of drug-likeness (QED) is 0.461. The van der Waals surface area contributed by atoms with Gasteiger partial charge in [-0.3, -0.25) is 4.90 Å². The number of nitrogens with zero attached hydrogens (tertiary/aromatic N) is 4. The van der Waals surface area contributed by atoms with Crippen LogP contribution in [0.15, 0.2) is 66.7 Å². The highest BCUT2D eigenvalue weighted by Crippen LogP contribution is 2.19. The molecule has 4 rings (SSSR count). The van der Waals surface area contributed by atoms with Crippen LogP contribution < -0.4 is 9.47 Å². The van der Waals surface area contributed by atoms with Crippen molar-refractivity contribution in [2.75, 3.05) is 33.3 Å². The fourth-order valence-electron chi connectivity index (χ4n) is 4.15. The van der Waals surface area contributed by atoms with Gasteiger partial charge in [0.25, 0.3) is 0 Å². The van der Waals surface area contributed by atoms with Crippen LogP contribution in [0.25, 0.3) is 0 Å². The van der Waals surface area contributed by atoms with E-state index in [2.05, 4.69) is 27.2 Å². The number of carboxylic acid groups (broad SMARTS) is 1. The predicted octanol–water partition coefficient (Wildman–Crippen LogP) is 4.51. The first-order valence-corrected chi connectivity index (χ1v) is 12.0. The van der Waals surface area contributed by atoms with Crippen LogP contribution in [0.5, 0.6) is 17.4 Å². The van der Waals surface area contributed by atoms with E-state index in [4.69, 9.17) is 14.6 Å². The second-order valence-corrected chi connectivity index (χ2v) is 8.74. The van der Waals surface area contributed by atoms with Crippen molar-refractivity contribution in [2.45, 2.75) is 31.7 Å². The molecule has 0 bridgehead atoms. The number of ether oxygens (including phenoxy) is 2. The third-order valence-electron chi connectivity index (χ3n) is 6.34. The number of aromatic nitrogens is 2. The molecule has 8 heteroatoms. The molecule has 1 aliphatic rings. The summed E-state index contributed by atoms with van der Waals surface area (Å²) in [5, 5.41) is 17.6. The first-order valence-electron chi connectivity index (χ1n) is 12.0. The molecule has 1 aliphatic heterocycles. The Kier molecular flexibility index (Phi) is 8.51. The Morgan fingerprint density at radius 1 is 0.971 bits per heavy atom. The fraction of sp³-hybridized carbons (Fsp3) is 0.370. The summed E-state index contributed by atoms with van der Waals surface area (Å²) in [5.41, 5.74) is 2.14. The Balaban J connectivity index is 1.15. The van der Waals surface area contributed by atoms with Gasteiger partial charge in [0.15, 0.2) is 0 Å². The fourth-order valence-corrected chi connectivity index (χ4v) is 4.15. The van der Waals surface area contributed by atoms with Crippen LogP contribution in [0, 0.1) is 0 Å². The topological polar surface area (TPSA) is 88.0 Å². The van der Waals surface area contributed by atoms with E-state index in [0.717, 1.165) is 62.5 Å². The average molecular weight is 477 g/mol. The molecule has 3 aromatic rings. The molecule has 0 radical (unpaired) electrons. The van der Waals surface area contributed by atoms with Crippen LogP contribution in [0.1, 0.15) is 24.1 Å². The van der Waals surface area contributed by atoms with Gasteiger partial charge in [0.05, 0.1) is 5.69 Å². The lowest BCUT2D eigenvalue weighted by Gasteiger charge is -2.35. The SMILES string of the molecule is CN(C(=O)O)C1CCN(CCOc2ccc(CCc3ccc(Oc4ccccc4)nn3)cc2)CC1. The van der Waals surface area contributed by atoms with Crippen molar-refractivity contribution in [3.05, 3.63) is 78.0 Å². The van der Waals surface area contributed by atoms with Gasteiger partial charge in [-0.1, -0.05) is 30.3 Å². The number of amides is 1. The Bertz CT molecular complexity index is 1050. The molecule has 1 fully saturated rings. The lowest BCUT2D eigenvalue weighted by molar-refractivity contribution is 0.0990. The Labute approximate surface area is 206 Å². The maximum atomic E-state index is 11.1. The van der Waals surface area contributed by atoms with E-state index in [9.17, 15) is 4.79 Å². The molecule has 1 aromatic heterocycles. The monoisotopic (exact) mass is 476 g/mol. The molecule has 0 spiro atoms. The largest absolute Gasteiger partial charge is 0.492 e. The van der Waals surface area contributed by atoms with Crippen molar-refractivity contribution in [1.82, 2.24) is 20.0 Å². The molecule has 35 heavy (non-hydrogen) atoms. The van der Waals surface area contributed by atoms with Gasteiger partial charge in [-0.05, 0) is 61.6 Å². The molecule has 2 aromatic carbocycles. The van der Waals surface area contributed by atoms with Gasteiger partial charge in [-0.25, -0.2) is 4.79 Å². The number of hydrogen-bond donors (Lipinski definition) is 1. The highest BCUT2D eigenvalue weighted by atomic mass is 16.5. The molecule has 8 nitrogen and oxygen atoms in total. The second-order valence-electron chi connectivity index (χ2n) is 8.74. The Morgan fingerprint density at radius 3 is 2.37 bits per heavy atom. The molecule has 1 saturated heterocycles. The third-order valence-corrected chi connectivity index (χ3v) is 6.34. The number of para-hydroxylation sites is 1. The molecule has 0 atom stereocenters. The Hall–Kier alpha value is -3.65. The molecular formula is C27H32N4O4.